The van der Waals surface area contributed by atoms with Gasteiger partial charge >= 0.3 is 0 Å². The molecule has 1 N–H and O–H groups in total. The number of aromatic nitrogens is 3. The molecule has 0 atom stereocenters. The molecule has 19 heavy (non-hydrogen) atoms. The third-order valence-corrected chi connectivity index (χ3v) is 4.44. The lowest BCUT2D eigenvalue weighted by atomic mass is 10.1. The summed E-state index contributed by atoms with van der Waals surface area (Å²) in [5.41, 5.74) is 3.54. The molecule has 100 valence electrons. The fraction of sp³-hybridized carbons (Fsp3) is 0.500. The van der Waals surface area contributed by atoms with Crippen LogP contribution in [0.25, 0.3) is 10.8 Å². The third-order valence-electron chi connectivity index (χ3n) is 3.48. The minimum Gasteiger partial charge on any atom is -0.373 e. The molecule has 0 radical (unpaired) electrons. The van der Waals surface area contributed by atoms with Crippen molar-refractivity contribution in [1.29, 1.82) is 0 Å². The molecule has 0 saturated heterocycles. The second-order valence-corrected chi connectivity index (χ2v) is 5.78. The van der Waals surface area contributed by atoms with Crippen LogP contribution >= 0.6 is 11.3 Å². The molecule has 0 spiro atoms. The van der Waals surface area contributed by atoms with Crippen molar-refractivity contribution in [2.24, 2.45) is 0 Å². The van der Waals surface area contributed by atoms with Crippen LogP contribution in [-0.4, -0.2) is 22.0 Å². The molecule has 0 aromatic carbocycles. The van der Waals surface area contributed by atoms with Crippen molar-refractivity contribution in [2.45, 2.75) is 39.0 Å². The summed E-state index contributed by atoms with van der Waals surface area (Å²) in [7, 11) is 1.93. The van der Waals surface area contributed by atoms with Crippen molar-refractivity contribution in [1.82, 2.24) is 15.0 Å². The highest BCUT2D eigenvalue weighted by molar-refractivity contribution is 7.13. The Bertz CT molecular complexity index is 591. The molecule has 5 heteroatoms. The Labute approximate surface area is 117 Å². The van der Waals surface area contributed by atoms with Gasteiger partial charge in [-0.3, -0.25) is 0 Å². The lowest BCUT2D eigenvalue weighted by Crippen LogP contribution is -2.06. The van der Waals surface area contributed by atoms with Gasteiger partial charge in [0.2, 0.25) is 0 Å². The highest BCUT2D eigenvalue weighted by atomic mass is 32.1. The third kappa shape index (κ3) is 2.47. The number of rotatable bonds is 2. The minimum atomic E-state index is 0.767. The van der Waals surface area contributed by atoms with Crippen LogP contribution < -0.4 is 5.32 Å². The molecule has 2 aromatic heterocycles. The van der Waals surface area contributed by atoms with E-state index in [-0.39, 0.29) is 0 Å². The van der Waals surface area contributed by atoms with Crippen LogP contribution in [0.1, 0.15) is 36.2 Å². The zero-order valence-electron chi connectivity index (χ0n) is 11.4. The van der Waals surface area contributed by atoms with Crippen LogP contribution in [0, 0.1) is 6.92 Å². The fourth-order valence-corrected chi connectivity index (χ4v) is 3.26. The van der Waals surface area contributed by atoms with Gasteiger partial charge in [0.05, 0.1) is 0 Å². The Hall–Kier alpha value is -1.49. The van der Waals surface area contributed by atoms with E-state index in [2.05, 4.69) is 15.3 Å². The standard InChI is InChI=1S/C14H18N4S/c1-9-8-19-14(16-9)13-17-11-7-5-3-4-6-10(11)12(15-2)18-13/h8H,3-7H2,1-2H3,(H,15,17,18). The van der Waals surface area contributed by atoms with E-state index in [0.717, 1.165) is 35.2 Å². The quantitative estimate of drug-likeness (QED) is 0.854. The first-order valence-corrected chi connectivity index (χ1v) is 7.66. The van der Waals surface area contributed by atoms with E-state index >= 15 is 0 Å². The molecule has 0 aliphatic heterocycles. The number of nitrogens with one attached hydrogen (secondary N) is 1. The highest BCUT2D eigenvalue weighted by Gasteiger charge is 2.17. The maximum absolute atomic E-state index is 4.76. The lowest BCUT2D eigenvalue weighted by Gasteiger charge is -2.11. The van der Waals surface area contributed by atoms with Crippen molar-refractivity contribution in [3.63, 3.8) is 0 Å². The molecule has 0 saturated carbocycles. The van der Waals surface area contributed by atoms with Crippen molar-refractivity contribution in [3.8, 4) is 10.8 Å². The normalized spacial score (nSPS) is 14.8. The number of hydrogen-bond donors (Lipinski definition) is 1. The molecule has 0 bridgehead atoms. The Morgan fingerprint density at radius 1 is 1.11 bits per heavy atom. The summed E-state index contributed by atoms with van der Waals surface area (Å²) in [6.45, 7) is 2.00. The van der Waals surface area contributed by atoms with E-state index in [9.17, 15) is 0 Å². The highest BCUT2D eigenvalue weighted by Crippen LogP contribution is 2.28. The van der Waals surface area contributed by atoms with E-state index in [0.29, 0.717) is 0 Å². The Balaban J connectivity index is 2.09. The topological polar surface area (TPSA) is 50.7 Å². The SMILES string of the molecule is CNc1nc(-c2nc(C)cs2)nc2c1CCCCC2. The van der Waals surface area contributed by atoms with Crippen molar-refractivity contribution in [2.75, 3.05) is 12.4 Å². The van der Waals surface area contributed by atoms with Crippen LogP contribution in [0.4, 0.5) is 5.82 Å². The van der Waals surface area contributed by atoms with Crippen molar-refractivity contribution < 1.29 is 0 Å². The van der Waals surface area contributed by atoms with Gasteiger partial charge in [-0.2, -0.15) is 0 Å². The molecule has 0 unspecified atom stereocenters. The van der Waals surface area contributed by atoms with Gasteiger partial charge in [0.15, 0.2) is 10.8 Å². The molecule has 1 aliphatic rings. The summed E-state index contributed by atoms with van der Waals surface area (Å²) < 4.78 is 0. The fourth-order valence-electron chi connectivity index (χ4n) is 2.53. The summed E-state index contributed by atoms with van der Waals surface area (Å²) in [4.78, 5) is 13.9. The summed E-state index contributed by atoms with van der Waals surface area (Å²) in [6, 6.07) is 0. The van der Waals surface area contributed by atoms with Crippen LogP contribution in [-0.2, 0) is 12.8 Å². The van der Waals surface area contributed by atoms with Gasteiger partial charge in [0.25, 0.3) is 0 Å². The Morgan fingerprint density at radius 2 is 1.95 bits per heavy atom. The molecular weight excluding hydrogens is 256 g/mol. The molecule has 4 nitrogen and oxygen atoms in total. The van der Waals surface area contributed by atoms with Gasteiger partial charge in [0.1, 0.15) is 5.82 Å². The number of nitrogens with zero attached hydrogens (tertiary/aromatic N) is 3. The van der Waals surface area contributed by atoms with E-state index < -0.39 is 0 Å². The second-order valence-electron chi connectivity index (χ2n) is 4.93. The molecule has 2 heterocycles. The van der Waals surface area contributed by atoms with E-state index in [1.165, 1.54) is 30.5 Å². The van der Waals surface area contributed by atoms with Gasteiger partial charge in [-0.1, -0.05) is 6.42 Å². The second kappa shape index (κ2) is 5.25. The smallest absolute Gasteiger partial charge is 0.190 e. The maximum Gasteiger partial charge on any atom is 0.190 e. The minimum absolute atomic E-state index is 0.767. The van der Waals surface area contributed by atoms with Crippen molar-refractivity contribution >= 4 is 17.2 Å². The van der Waals surface area contributed by atoms with E-state index in [1.807, 2.05) is 19.4 Å². The van der Waals surface area contributed by atoms with Gasteiger partial charge in [-0.25, -0.2) is 15.0 Å². The van der Waals surface area contributed by atoms with Gasteiger partial charge in [0, 0.05) is 29.4 Å². The molecule has 0 amide bonds. The van der Waals surface area contributed by atoms with Crippen LogP contribution in [0.15, 0.2) is 5.38 Å². The zero-order chi connectivity index (χ0) is 13.2. The Morgan fingerprint density at radius 3 is 2.68 bits per heavy atom. The Kier molecular flexibility index (Phi) is 3.46. The summed E-state index contributed by atoms with van der Waals surface area (Å²) in [5, 5.41) is 6.19. The van der Waals surface area contributed by atoms with E-state index in [1.54, 1.807) is 11.3 Å². The predicted molar refractivity (Wildman–Crippen MR) is 78.7 cm³/mol. The monoisotopic (exact) mass is 274 g/mol. The number of fused-ring (bicyclic) bond motifs is 1. The zero-order valence-corrected chi connectivity index (χ0v) is 12.2. The maximum atomic E-state index is 4.76. The molecule has 1 aliphatic carbocycles. The van der Waals surface area contributed by atoms with Crippen LogP contribution in [0.3, 0.4) is 0 Å². The average Bonchev–Trinajstić information content (AvgIpc) is 2.72. The summed E-state index contributed by atoms with van der Waals surface area (Å²) in [6.07, 6.45) is 5.89. The first kappa shape index (κ1) is 12.5. The number of hydrogen-bond acceptors (Lipinski definition) is 5. The summed E-state index contributed by atoms with van der Waals surface area (Å²) >= 11 is 1.61. The first-order valence-electron chi connectivity index (χ1n) is 6.78. The molecule has 0 fully saturated rings. The first-order chi connectivity index (χ1) is 9.28. The molecule has 3 rings (SSSR count). The van der Waals surface area contributed by atoms with Gasteiger partial charge < -0.3 is 5.32 Å². The number of aryl methyl sites for hydroxylation is 2. The largest absolute Gasteiger partial charge is 0.373 e. The lowest BCUT2D eigenvalue weighted by molar-refractivity contribution is 0.709. The predicted octanol–water partition coefficient (Wildman–Crippen LogP) is 3.22. The van der Waals surface area contributed by atoms with Gasteiger partial charge in [-0.05, 0) is 32.6 Å². The average molecular weight is 274 g/mol. The number of anilines is 1. The number of thiazole rings is 1. The van der Waals surface area contributed by atoms with Crippen molar-refractivity contribution in [3.05, 3.63) is 22.3 Å². The summed E-state index contributed by atoms with van der Waals surface area (Å²) in [5.74, 6) is 1.75. The van der Waals surface area contributed by atoms with Gasteiger partial charge in [-0.15, -0.1) is 11.3 Å². The van der Waals surface area contributed by atoms with Crippen LogP contribution in [0.5, 0.6) is 0 Å². The van der Waals surface area contributed by atoms with E-state index in [4.69, 9.17) is 4.98 Å². The van der Waals surface area contributed by atoms with Crippen LogP contribution in [0.2, 0.25) is 0 Å². The molecule has 2 aromatic rings. The molecular formula is C14H18N4S.